The second-order valence-electron chi connectivity index (χ2n) is 6.36. The van der Waals surface area contributed by atoms with Crippen LogP contribution in [0.4, 0.5) is 0 Å². The Morgan fingerprint density at radius 3 is 1.86 bits per heavy atom. The van der Waals surface area contributed by atoms with Crippen LogP contribution in [0.5, 0.6) is 0 Å². The van der Waals surface area contributed by atoms with Crippen LogP contribution in [0.15, 0.2) is 91.5 Å². The molecule has 2 amide bonds. The Hall–Kier alpha value is -3.66. The number of nitrogens with one attached hydrogen (secondary N) is 2. The van der Waals surface area contributed by atoms with Crippen molar-refractivity contribution in [3.63, 3.8) is 0 Å². The van der Waals surface area contributed by atoms with E-state index in [9.17, 15) is 9.59 Å². The van der Waals surface area contributed by atoms with Gasteiger partial charge < -0.3 is 10.6 Å². The van der Waals surface area contributed by atoms with E-state index in [4.69, 9.17) is 0 Å². The summed E-state index contributed by atoms with van der Waals surface area (Å²) < 4.78 is 0. The van der Waals surface area contributed by atoms with Crippen LogP contribution in [0.3, 0.4) is 0 Å². The van der Waals surface area contributed by atoms with E-state index in [2.05, 4.69) is 41.5 Å². The molecule has 0 aliphatic carbocycles. The lowest BCUT2D eigenvalue weighted by Gasteiger charge is -2.08. The fourth-order valence-electron chi connectivity index (χ4n) is 2.77. The zero-order valence-electron chi connectivity index (χ0n) is 15.5. The average molecular weight is 370 g/mol. The van der Waals surface area contributed by atoms with Gasteiger partial charge in [0, 0.05) is 18.7 Å². The molecule has 28 heavy (non-hydrogen) atoms. The number of carbonyl (C=O) groups excluding carboxylic acids is 2. The van der Waals surface area contributed by atoms with Crippen molar-refractivity contribution < 1.29 is 9.59 Å². The lowest BCUT2D eigenvalue weighted by Crippen LogP contribution is -2.23. The van der Waals surface area contributed by atoms with Gasteiger partial charge in [0.05, 0.1) is 0 Å². The summed E-state index contributed by atoms with van der Waals surface area (Å²) in [6.45, 7) is 4.28. The van der Waals surface area contributed by atoms with E-state index in [0.717, 1.165) is 16.7 Å². The first-order valence-corrected chi connectivity index (χ1v) is 9.07. The molecule has 3 rings (SSSR count). The van der Waals surface area contributed by atoms with Gasteiger partial charge in [-0.2, -0.15) is 0 Å². The minimum Gasteiger partial charge on any atom is -0.348 e. The fourth-order valence-corrected chi connectivity index (χ4v) is 2.77. The third-order valence-corrected chi connectivity index (χ3v) is 4.38. The number of hydrogen-bond acceptors (Lipinski definition) is 2. The van der Waals surface area contributed by atoms with Crippen LogP contribution < -0.4 is 10.6 Å². The summed E-state index contributed by atoms with van der Waals surface area (Å²) in [4.78, 5) is 23.5. The normalized spacial score (nSPS) is 10.1. The number of rotatable bonds is 7. The predicted octanol–water partition coefficient (Wildman–Crippen LogP) is 4.09. The number of benzene rings is 3. The number of carbonyl (C=O) groups is 2. The summed E-state index contributed by atoms with van der Waals surface area (Å²) >= 11 is 0. The second-order valence-corrected chi connectivity index (χ2v) is 6.36. The lowest BCUT2D eigenvalue weighted by molar-refractivity contribution is -0.116. The molecule has 0 atom stereocenters. The van der Waals surface area contributed by atoms with Gasteiger partial charge in [0.15, 0.2) is 0 Å². The van der Waals surface area contributed by atoms with Crippen molar-refractivity contribution in [1.29, 1.82) is 0 Å². The summed E-state index contributed by atoms with van der Waals surface area (Å²) in [5, 5.41) is 5.63. The summed E-state index contributed by atoms with van der Waals surface area (Å²) in [7, 11) is 0. The van der Waals surface area contributed by atoms with Crippen LogP contribution in [0.2, 0.25) is 0 Å². The molecule has 0 spiro atoms. The van der Waals surface area contributed by atoms with Gasteiger partial charge in [0.1, 0.15) is 0 Å². The van der Waals surface area contributed by atoms with Crippen LogP contribution >= 0.6 is 0 Å². The van der Waals surface area contributed by atoms with Gasteiger partial charge in [0.2, 0.25) is 5.91 Å². The first kappa shape index (κ1) is 19.1. The number of hydrogen-bond donors (Lipinski definition) is 2. The molecule has 4 nitrogen and oxygen atoms in total. The standard InChI is InChI=1S/C24H22N2O2/c1-2-23(27)25-16-18-10-14-22(15-11-18)24(28)26-17-19-8-12-21(13-9-19)20-6-4-3-5-7-20/h2-15H,1,16-17H2,(H,25,27)(H,26,28). The van der Waals surface area contributed by atoms with E-state index in [1.807, 2.05) is 42.5 Å². The molecule has 0 heterocycles. The van der Waals surface area contributed by atoms with E-state index in [1.54, 1.807) is 12.1 Å². The largest absolute Gasteiger partial charge is 0.348 e. The first-order valence-electron chi connectivity index (χ1n) is 9.07. The maximum Gasteiger partial charge on any atom is 0.251 e. The van der Waals surface area contributed by atoms with Gasteiger partial charge in [-0.1, -0.05) is 73.3 Å². The highest BCUT2D eigenvalue weighted by molar-refractivity contribution is 5.94. The van der Waals surface area contributed by atoms with Crippen molar-refractivity contribution >= 4 is 11.8 Å². The second kappa shape index (κ2) is 9.33. The van der Waals surface area contributed by atoms with Crippen molar-refractivity contribution in [1.82, 2.24) is 10.6 Å². The van der Waals surface area contributed by atoms with Crippen molar-refractivity contribution in [3.05, 3.63) is 108 Å². The fraction of sp³-hybridized carbons (Fsp3) is 0.0833. The quantitative estimate of drug-likeness (QED) is 0.616. The molecule has 0 saturated heterocycles. The first-order chi connectivity index (χ1) is 13.7. The van der Waals surface area contributed by atoms with Crippen LogP contribution in [0.1, 0.15) is 21.5 Å². The molecular formula is C24H22N2O2. The minimum atomic E-state index is -0.222. The van der Waals surface area contributed by atoms with Crippen molar-refractivity contribution in [2.75, 3.05) is 0 Å². The van der Waals surface area contributed by atoms with Gasteiger partial charge >= 0.3 is 0 Å². The topological polar surface area (TPSA) is 58.2 Å². The Labute approximate surface area is 164 Å². The van der Waals surface area contributed by atoms with Crippen LogP contribution in [0, 0.1) is 0 Å². The van der Waals surface area contributed by atoms with Crippen LogP contribution in [-0.4, -0.2) is 11.8 Å². The molecule has 0 saturated carbocycles. The summed E-state index contributed by atoms with van der Waals surface area (Å²) in [6, 6.07) is 25.5. The third-order valence-electron chi connectivity index (χ3n) is 4.38. The highest BCUT2D eigenvalue weighted by Crippen LogP contribution is 2.19. The van der Waals surface area contributed by atoms with Crippen molar-refractivity contribution in [3.8, 4) is 11.1 Å². The molecule has 0 aliphatic rings. The third kappa shape index (κ3) is 5.17. The van der Waals surface area contributed by atoms with Gasteiger partial charge in [-0.25, -0.2) is 0 Å². The Kier molecular flexibility index (Phi) is 6.37. The molecule has 3 aromatic rings. The molecule has 0 aromatic heterocycles. The van der Waals surface area contributed by atoms with E-state index in [-0.39, 0.29) is 11.8 Å². The van der Waals surface area contributed by atoms with Gasteiger partial charge in [0.25, 0.3) is 5.91 Å². The van der Waals surface area contributed by atoms with Crippen molar-refractivity contribution in [2.45, 2.75) is 13.1 Å². The lowest BCUT2D eigenvalue weighted by atomic mass is 10.0. The molecule has 4 heteroatoms. The van der Waals surface area contributed by atoms with E-state index in [0.29, 0.717) is 18.7 Å². The van der Waals surface area contributed by atoms with E-state index < -0.39 is 0 Å². The van der Waals surface area contributed by atoms with E-state index >= 15 is 0 Å². The highest BCUT2D eigenvalue weighted by Gasteiger charge is 2.06. The molecule has 0 fully saturated rings. The molecule has 0 radical (unpaired) electrons. The van der Waals surface area contributed by atoms with E-state index in [1.165, 1.54) is 11.6 Å². The molecule has 2 N–H and O–H groups in total. The number of amides is 2. The average Bonchev–Trinajstić information content (AvgIpc) is 2.77. The zero-order chi connectivity index (χ0) is 19.8. The van der Waals surface area contributed by atoms with Gasteiger partial charge in [-0.15, -0.1) is 0 Å². The molecule has 140 valence electrons. The highest BCUT2D eigenvalue weighted by atomic mass is 16.2. The predicted molar refractivity (Wildman–Crippen MR) is 112 cm³/mol. The van der Waals surface area contributed by atoms with Gasteiger partial charge in [-0.3, -0.25) is 9.59 Å². The smallest absolute Gasteiger partial charge is 0.251 e. The molecule has 0 aliphatic heterocycles. The Morgan fingerprint density at radius 1 is 0.714 bits per heavy atom. The van der Waals surface area contributed by atoms with Crippen molar-refractivity contribution in [2.24, 2.45) is 0 Å². The maximum absolute atomic E-state index is 12.3. The van der Waals surface area contributed by atoms with Gasteiger partial charge in [-0.05, 0) is 40.5 Å². The Balaban J connectivity index is 1.53. The summed E-state index contributed by atoms with van der Waals surface area (Å²) in [5.74, 6) is -0.353. The van der Waals surface area contributed by atoms with Crippen LogP contribution in [-0.2, 0) is 17.9 Å². The maximum atomic E-state index is 12.3. The molecule has 0 bridgehead atoms. The molecule has 0 unspecified atom stereocenters. The minimum absolute atomic E-state index is 0.131. The monoisotopic (exact) mass is 370 g/mol. The molecule has 3 aromatic carbocycles. The summed E-state index contributed by atoms with van der Waals surface area (Å²) in [6.07, 6.45) is 1.23. The molecular weight excluding hydrogens is 348 g/mol. The zero-order valence-corrected chi connectivity index (χ0v) is 15.5. The Morgan fingerprint density at radius 2 is 1.25 bits per heavy atom. The SMILES string of the molecule is C=CC(=O)NCc1ccc(C(=O)NCc2ccc(-c3ccccc3)cc2)cc1. The Bertz CT molecular complexity index is 946. The summed E-state index contributed by atoms with van der Waals surface area (Å²) in [5.41, 5.74) is 4.86. The van der Waals surface area contributed by atoms with Crippen LogP contribution in [0.25, 0.3) is 11.1 Å².